The van der Waals surface area contributed by atoms with Gasteiger partial charge >= 0.3 is 0 Å². The monoisotopic (exact) mass is 336 g/mol. The highest BCUT2D eigenvalue weighted by Gasteiger charge is 2.63. The van der Waals surface area contributed by atoms with Gasteiger partial charge in [-0.2, -0.15) is 0 Å². The number of hydrogen-bond acceptors (Lipinski definition) is 7. The van der Waals surface area contributed by atoms with Crippen LogP contribution in [0.15, 0.2) is 22.5 Å². The molecule has 0 unspecified atom stereocenters. The van der Waals surface area contributed by atoms with Crippen LogP contribution in [0.2, 0.25) is 0 Å². The molecule has 8 heteroatoms. The van der Waals surface area contributed by atoms with Crippen LogP contribution in [-0.4, -0.2) is 85.1 Å². The Labute approximate surface area is 139 Å². The van der Waals surface area contributed by atoms with Gasteiger partial charge in [0.2, 0.25) is 11.5 Å². The fourth-order valence-electron chi connectivity index (χ4n) is 3.88. The summed E-state index contributed by atoms with van der Waals surface area (Å²) < 4.78 is 10.5. The minimum absolute atomic E-state index is 0.00741. The van der Waals surface area contributed by atoms with Gasteiger partial charge in [-0.25, -0.2) is 0 Å². The number of allylic oxidation sites excluding steroid dienone is 2. The van der Waals surface area contributed by atoms with Crippen molar-refractivity contribution >= 4 is 17.5 Å². The average molecular weight is 336 g/mol. The third-order valence-corrected chi connectivity index (χ3v) is 5.18. The van der Waals surface area contributed by atoms with Crippen LogP contribution in [0, 0.1) is 0 Å². The standard InChI is InChI=1S/C16H20N2O6/c1-7-11(19)10-9(12(20)13(7)23-4)8-6-17(2)15(21)16(22,18(8)3)14(10)24-5/h8,14,22H,6H2,1-5H3/t8-,14-,16+/m0/s1. The molecular weight excluding hydrogens is 316 g/mol. The predicted molar refractivity (Wildman–Crippen MR) is 81.7 cm³/mol. The van der Waals surface area contributed by atoms with E-state index in [1.54, 1.807) is 14.1 Å². The number of carbonyl (C=O) groups is 3. The van der Waals surface area contributed by atoms with Crippen LogP contribution >= 0.6 is 0 Å². The van der Waals surface area contributed by atoms with E-state index in [0.29, 0.717) is 0 Å². The van der Waals surface area contributed by atoms with E-state index < -0.39 is 35.3 Å². The van der Waals surface area contributed by atoms with Crippen LogP contribution in [0.4, 0.5) is 0 Å². The molecule has 1 N–H and O–H groups in total. The molecule has 2 aliphatic heterocycles. The van der Waals surface area contributed by atoms with Crippen molar-refractivity contribution < 1.29 is 29.0 Å². The summed E-state index contributed by atoms with van der Waals surface area (Å²) in [6, 6.07) is -0.617. The normalized spacial score (nSPS) is 34.1. The van der Waals surface area contributed by atoms with Gasteiger partial charge in [0.25, 0.3) is 5.91 Å². The zero-order valence-electron chi connectivity index (χ0n) is 14.2. The molecule has 24 heavy (non-hydrogen) atoms. The number of fused-ring (bicyclic) bond motifs is 3. The third-order valence-electron chi connectivity index (χ3n) is 5.18. The van der Waals surface area contributed by atoms with Crippen LogP contribution in [0.1, 0.15) is 6.92 Å². The highest BCUT2D eigenvalue weighted by Crippen LogP contribution is 2.44. The molecule has 1 aliphatic carbocycles. The summed E-state index contributed by atoms with van der Waals surface area (Å²) in [5, 5.41) is 11.1. The fraction of sp³-hybridized carbons (Fsp3) is 0.562. The summed E-state index contributed by atoms with van der Waals surface area (Å²) >= 11 is 0. The second-order valence-electron chi connectivity index (χ2n) is 6.30. The number of piperazine rings is 1. The van der Waals surface area contributed by atoms with Crippen molar-refractivity contribution in [2.24, 2.45) is 0 Å². The first-order chi connectivity index (χ1) is 11.2. The summed E-state index contributed by atoms with van der Waals surface area (Å²) in [6.45, 7) is 1.67. The Morgan fingerprint density at radius 1 is 1.12 bits per heavy atom. The Morgan fingerprint density at radius 3 is 2.29 bits per heavy atom. The quantitative estimate of drug-likeness (QED) is 0.636. The lowest BCUT2D eigenvalue weighted by Gasteiger charge is -2.55. The molecule has 1 fully saturated rings. The number of carbonyl (C=O) groups excluding carboxylic acids is 3. The molecule has 3 atom stereocenters. The molecule has 1 amide bonds. The Kier molecular flexibility index (Phi) is 3.67. The molecule has 0 aromatic heterocycles. The summed E-state index contributed by atoms with van der Waals surface area (Å²) in [7, 11) is 5.72. The number of Topliss-reactive ketones (excluding diaryl/α,β-unsaturated/α-hetero) is 2. The van der Waals surface area contributed by atoms with Crippen molar-refractivity contribution in [1.29, 1.82) is 0 Å². The Bertz CT molecular complexity index is 724. The van der Waals surface area contributed by atoms with Crippen molar-refractivity contribution in [2.75, 3.05) is 34.9 Å². The average Bonchev–Trinajstić information content (AvgIpc) is 2.55. The molecule has 0 aromatic carbocycles. The predicted octanol–water partition coefficient (Wildman–Crippen LogP) is -1.16. The van der Waals surface area contributed by atoms with Crippen molar-refractivity contribution in [3.63, 3.8) is 0 Å². The first-order valence-electron chi connectivity index (χ1n) is 7.53. The molecule has 1 saturated heterocycles. The van der Waals surface area contributed by atoms with Gasteiger partial charge in [-0.1, -0.05) is 0 Å². The molecule has 2 bridgehead atoms. The number of amides is 1. The van der Waals surface area contributed by atoms with E-state index in [0.717, 1.165) is 0 Å². The second-order valence-corrected chi connectivity index (χ2v) is 6.30. The Morgan fingerprint density at radius 2 is 1.75 bits per heavy atom. The summed E-state index contributed by atoms with van der Waals surface area (Å²) in [6.07, 6.45) is -1.26. The Balaban J connectivity index is 2.29. The van der Waals surface area contributed by atoms with E-state index in [2.05, 4.69) is 0 Å². The summed E-state index contributed by atoms with van der Waals surface area (Å²) in [5.41, 5.74) is -1.62. The van der Waals surface area contributed by atoms with E-state index in [9.17, 15) is 19.5 Å². The molecule has 8 nitrogen and oxygen atoms in total. The fourth-order valence-corrected chi connectivity index (χ4v) is 3.88. The first kappa shape index (κ1) is 16.8. The van der Waals surface area contributed by atoms with Gasteiger partial charge in [0.05, 0.1) is 13.2 Å². The number of nitrogens with zero attached hydrogens (tertiary/aromatic N) is 2. The van der Waals surface area contributed by atoms with Crippen LogP contribution in [0.5, 0.6) is 0 Å². The summed E-state index contributed by atoms with van der Waals surface area (Å²) in [4.78, 5) is 41.1. The maximum Gasteiger partial charge on any atom is 0.273 e. The van der Waals surface area contributed by atoms with Gasteiger partial charge < -0.3 is 19.5 Å². The highest BCUT2D eigenvalue weighted by atomic mass is 16.5. The number of methoxy groups -OCH3 is 2. The van der Waals surface area contributed by atoms with Gasteiger partial charge in [0, 0.05) is 37.4 Å². The first-order valence-corrected chi connectivity index (χ1v) is 7.53. The molecule has 0 aromatic rings. The molecular formula is C16H20N2O6. The number of ketones is 2. The lowest BCUT2D eigenvalue weighted by Crippen LogP contribution is -2.76. The van der Waals surface area contributed by atoms with Crippen molar-refractivity contribution in [3.05, 3.63) is 22.5 Å². The van der Waals surface area contributed by atoms with Crippen LogP contribution in [0.3, 0.4) is 0 Å². The number of hydrogen-bond donors (Lipinski definition) is 1. The second kappa shape index (κ2) is 5.23. The van der Waals surface area contributed by atoms with Crippen LogP contribution < -0.4 is 0 Å². The van der Waals surface area contributed by atoms with E-state index in [1.807, 2.05) is 0 Å². The lowest BCUT2D eigenvalue weighted by molar-refractivity contribution is -0.218. The topological polar surface area (TPSA) is 96.4 Å². The molecule has 0 spiro atoms. The van der Waals surface area contributed by atoms with Crippen molar-refractivity contribution in [3.8, 4) is 0 Å². The SMILES string of the molecule is COC1=C(C)C(=O)C2=C(C1=O)[C@@H]1CN(C)C(=O)[C@](O)([C@H]2OC)N1C. The molecule has 0 saturated carbocycles. The molecule has 3 aliphatic rings. The number of likely N-dealkylation sites (N-methyl/N-ethyl adjacent to an activating group) is 2. The van der Waals surface area contributed by atoms with Gasteiger partial charge in [0.1, 0.15) is 6.10 Å². The third kappa shape index (κ3) is 1.76. The minimum Gasteiger partial charge on any atom is -0.492 e. The molecule has 3 rings (SSSR count). The Hall–Kier alpha value is -2.03. The van der Waals surface area contributed by atoms with Crippen molar-refractivity contribution in [2.45, 2.75) is 24.8 Å². The number of aliphatic hydroxyl groups is 1. The van der Waals surface area contributed by atoms with Gasteiger partial charge in [-0.05, 0) is 14.0 Å². The maximum atomic E-state index is 12.9. The van der Waals surface area contributed by atoms with Crippen LogP contribution in [0.25, 0.3) is 0 Å². The van der Waals surface area contributed by atoms with Gasteiger partial charge in [-0.3, -0.25) is 19.3 Å². The smallest absolute Gasteiger partial charge is 0.273 e. The number of rotatable bonds is 2. The van der Waals surface area contributed by atoms with Gasteiger partial charge in [-0.15, -0.1) is 0 Å². The largest absolute Gasteiger partial charge is 0.492 e. The summed E-state index contributed by atoms with van der Waals surface area (Å²) in [5.74, 6) is -1.43. The highest BCUT2D eigenvalue weighted by molar-refractivity contribution is 6.26. The lowest BCUT2D eigenvalue weighted by atomic mass is 9.73. The van der Waals surface area contributed by atoms with E-state index in [-0.39, 0.29) is 29.0 Å². The van der Waals surface area contributed by atoms with Crippen LogP contribution in [-0.2, 0) is 23.9 Å². The molecule has 2 heterocycles. The van der Waals surface area contributed by atoms with Crippen molar-refractivity contribution in [1.82, 2.24) is 9.80 Å². The minimum atomic E-state index is -2.04. The zero-order chi connectivity index (χ0) is 18.0. The van der Waals surface area contributed by atoms with E-state index in [4.69, 9.17) is 9.47 Å². The molecule has 130 valence electrons. The van der Waals surface area contributed by atoms with E-state index >= 15 is 0 Å². The molecule has 0 radical (unpaired) electrons. The number of ether oxygens (including phenoxy) is 2. The zero-order valence-corrected chi connectivity index (χ0v) is 14.2. The maximum absolute atomic E-state index is 12.9. The van der Waals surface area contributed by atoms with Gasteiger partial charge in [0.15, 0.2) is 11.5 Å². The van der Waals surface area contributed by atoms with E-state index in [1.165, 1.54) is 30.9 Å².